The molecule has 0 aliphatic carbocycles. The third-order valence-corrected chi connectivity index (χ3v) is 6.65. The van der Waals surface area contributed by atoms with Crippen LogP contribution in [-0.4, -0.2) is 53.5 Å². The van der Waals surface area contributed by atoms with Crippen molar-refractivity contribution in [3.05, 3.63) is 34.1 Å². The van der Waals surface area contributed by atoms with E-state index in [0.29, 0.717) is 28.8 Å². The molecule has 3 aromatic rings. The maximum absolute atomic E-state index is 6.61. The summed E-state index contributed by atoms with van der Waals surface area (Å²) in [6.07, 6.45) is 3.21. The summed E-state index contributed by atoms with van der Waals surface area (Å²) in [6, 6.07) is 5.08. The van der Waals surface area contributed by atoms with Crippen LogP contribution in [0.5, 0.6) is 0 Å². The Balaban J connectivity index is 1.51. The number of aromatic nitrogens is 3. The summed E-state index contributed by atoms with van der Waals surface area (Å²) in [6.45, 7) is 9.48. The van der Waals surface area contributed by atoms with Crippen molar-refractivity contribution in [3.8, 4) is 11.5 Å². The first-order valence-corrected chi connectivity index (χ1v) is 11.4. The Bertz CT molecular complexity index is 1100. The number of nitrogens with one attached hydrogen (secondary N) is 1. The number of piperidine rings is 1. The van der Waals surface area contributed by atoms with Gasteiger partial charge in [0, 0.05) is 37.2 Å². The summed E-state index contributed by atoms with van der Waals surface area (Å²) in [5.74, 6) is 2.01. The van der Waals surface area contributed by atoms with Crippen LogP contribution < -0.4 is 10.2 Å². The Morgan fingerprint density at radius 2 is 1.87 bits per heavy atom. The molecule has 0 unspecified atom stereocenters. The van der Waals surface area contributed by atoms with Gasteiger partial charge in [-0.2, -0.15) is 4.98 Å². The Hall–Kier alpha value is -2.22. The van der Waals surface area contributed by atoms with Crippen molar-refractivity contribution in [2.75, 3.05) is 31.2 Å². The summed E-state index contributed by atoms with van der Waals surface area (Å²) >= 11 is 6.61. The van der Waals surface area contributed by atoms with Crippen LogP contribution in [0.1, 0.15) is 36.2 Å². The molecule has 0 amide bonds. The Labute approximate surface area is 187 Å². The lowest BCUT2D eigenvalue weighted by Gasteiger charge is -2.35. The standard InChI is InChI=1S/C23H28ClN5O2/c1-13-10-18-14(2)20(23-25-15(3)28-31-23)22(27-21(18)19(24)11-13)29-7-4-16(5-8-29)26-17-6-9-30-12-17/h10-11,16-17,26H,4-9,12H2,1-3H3/t17-/m0/s1. The molecule has 1 atom stereocenters. The lowest BCUT2D eigenvalue weighted by Crippen LogP contribution is -2.46. The third kappa shape index (κ3) is 4.02. The van der Waals surface area contributed by atoms with Crippen LogP contribution in [0.25, 0.3) is 22.4 Å². The van der Waals surface area contributed by atoms with Crippen molar-refractivity contribution in [2.24, 2.45) is 0 Å². The van der Waals surface area contributed by atoms with Crippen LogP contribution in [0.3, 0.4) is 0 Å². The molecular formula is C23H28ClN5O2. The summed E-state index contributed by atoms with van der Waals surface area (Å²) in [5, 5.41) is 9.48. The topological polar surface area (TPSA) is 76.3 Å². The van der Waals surface area contributed by atoms with Crippen LogP contribution in [0.4, 0.5) is 5.82 Å². The fourth-order valence-corrected chi connectivity index (χ4v) is 5.06. The molecule has 0 spiro atoms. The highest BCUT2D eigenvalue weighted by atomic mass is 35.5. The van der Waals surface area contributed by atoms with E-state index in [9.17, 15) is 0 Å². The first-order chi connectivity index (χ1) is 15.0. The molecule has 31 heavy (non-hydrogen) atoms. The van der Waals surface area contributed by atoms with Gasteiger partial charge < -0.3 is 19.5 Å². The highest BCUT2D eigenvalue weighted by molar-refractivity contribution is 6.35. The smallest absolute Gasteiger partial charge is 0.261 e. The number of rotatable bonds is 4. The second-order valence-electron chi connectivity index (χ2n) is 8.71. The van der Waals surface area contributed by atoms with Crippen molar-refractivity contribution in [2.45, 2.75) is 52.1 Å². The molecule has 0 bridgehead atoms. The molecule has 0 radical (unpaired) electrons. The maximum atomic E-state index is 6.61. The van der Waals surface area contributed by atoms with Crippen molar-refractivity contribution in [3.63, 3.8) is 0 Å². The average molecular weight is 442 g/mol. The number of aryl methyl sites for hydroxylation is 3. The molecular weight excluding hydrogens is 414 g/mol. The zero-order valence-corrected chi connectivity index (χ0v) is 19.0. The number of fused-ring (bicyclic) bond motifs is 1. The van der Waals surface area contributed by atoms with E-state index in [-0.39, 0.29) is 0 Å². The van der Waals surface area contributed by atoms with E-state index in [1.807, 2.05) is 19.9 Å². The average Bonchev–Trinajstić information content (AvgIpc) is 3.41. The molecule has 2 aliphatic heterocycles. The van der Waals surface area contributed by atoms with Gasteiger partial charge in [0.25, 0.3) is 5.89 Å². The van der Waals surface area contributed by atoms with Gasteiger partial charge in [0.1, 0.15) is 5.82 Å². The predicted octanol–water partition coefficient (Wildman–Crippen LogP) is 4.21. The Kier molecular flexibility index (Phi) is 5.58. The Morgan fingerprint density at radius 3 is 2.55 bits per heavy atom. The largest absolute Gasteiger partial charge is 0.380 e. The van der Waals surface area contributed by atoms with Crippen molar-refractivity contribution >= 4 is 28.3 Å². The SMILES string of the molecule is Cc1cc(Cl)c2nc(N3CCC(N[C@H]4CCOC4)CC3)c(-c3nc(C)no3)c(C)c2c1. The van der Waals surface area contributed by atoms with E-state index in [1.165, 1.54) is 0 Å². The fraction of sp³-hybridized carbons (Fsp3) is 0.522. The summed E-state index contributed by atoms with van der Waals surface area (Å²) in [7, 11) is 0. The third-order valence-electron chi connectivity index (χ3n) is 6.37. The number of hydrogen-bond donors (Lipinski definition) is 1. The molecule has 1 N–H and O–H groups in total. The molecule has 2 fully saturated rings. The molecule has 2 saturated heterocycles. The van der Waals surface area contributed by atoms with Crippen molar-refractivity contribution < 1.29 is 9.26 Å². The molecule has 2 aromatic heterocycles. The molecule has 2 aliphatic rings. The molecule has 164 valence electrons. The van der Waals surface area contributed by atoms with Gasteiger partial charge >= 0.3 is 0 Å². The van der Waals surface area contributed by atoms with E-state index >= 15 is 0 Å². The molecule has 0 saturated carbocycles. The first-order valence-electron chi connectivity index (χ1n) is 11.0. The van der Waals surface area contributed by atoms with Crippen molar-refractivity contribution in [1.29, 1.82) is 0 Å². The van der Waals surface area contributed by atoms with Crippen LogP contribution in [0, 0.1) is 20.8 Å². The molecule has 7 nitrogen and oxygen atoms in total. The van der Waals surface area contributed by atoms with Crippen LogP contribution >= 0.6 is 11.6 Å². The number of benzene rings is 1. The fourth-order valence-electron chi connectivity index (χ4n) is 4.74. The van der Waals surface area contributed by atoms with Gasteiger partial charge in [0.05, 0.1) is 22.7 Å². The number of hydrogen-bond acceptors (Lipinski definition) is 7. The van der Waals surface area contributed by atoms with E-state index in [1.54, 1.807) is 0 Å². The van der Waals surface area contributed by atoms with E-state index in [0.717, 1.165) is 79.0 Å². The Morgan fingerprint density at radius 1 is 1.06 bits per heavy atom. The van der Waals surface area contributed by atoms with Gasteiger partial charge in [-0.05, 0) is 63.3 Å². The quantitative estimate of drug-likeness (QED) is 0.649. The van der Waals surface area contributed by atoms with Crippen LogP contribution in [0.15, 0.2) is 16.7 Å². The minimum atomic E-state index is 0.483. The second-order valence-corrected chi connectivity index (χ2v) is 9.12. The van der Waals surface area contributed by atoms with Gasteiger partial charge in [0.15, 0.2) is 5.82 Å². The highest BCUT2D eigenvalue weighted by Crippen LogP contribution is 2.39. The molecule has 5 rings (SSSR count). The van der Waals surface area contributed by atoms with Gasteiger partial charge in [-0.15, -0.1) is 0 Å². The molecule has 4 heterocycles. The second kappa shape index (κ2) is 8.37. The lowest BCUT2D eigenvalue weighted by molar-refractivity contribution is 0.186. The summed E-state index contributed by atoms with van der Waals surface area (Å²) in [5.41, 5.74) is 3.90. The highest BCUT2D eigenvalue weighted by Gasteiger charge is 2.28. The van der Waals surface area contributed by atoms with Gasteiger partial charge in [-0.25, -0.2) is 4.98 Å². The normalized spacial score (nSPS) is 20.1. The van der Waals surface area contributed by atoms with Gasteiger partial charge in [0.2, 0.25) is 0 Å². The number of ether oxygens (including phenoxy) is 1. The monoisotopic (exact) mass is 441 g/mol. The maximum Gasteiger partial charge on any atom is 0.261 e. The molecule has 8 heteroatoms. The van der Waals surface area contributed by atoms with Gasteiger partial charge in [-0.1, -0.05) is 16.8 Å². The zero-order valence-electron chi connectivity index (χ0n) is 18.2. The van der Waals surface area contributed by atoms with Crippen molar-refractivity contribution in [1.82, 2.24) is 20.4 Å². The van der Waals surface area contributed by atoms with E-state index in [4.69, 9.17) is 25.8 Å². The minimum absolute atomic E-state index is 0.483. The van der Waals surface area contributed by atoms with Gasteiger partial charge in [-0.3, -0.25) is 0 Å². The summed E-state index contributed by atoms with van der Waals surface area (Å²) < 4.78 is 11.1. The summed E-state index contributed by atoms with van der Waals surface area (Å²) in [4.78, 5) is 11.9. The first kappa shape index (κ1) is 20.7. The lowest BCUT2D eigenvalue weighted by atomic mass is 9.99. The van der Waals surface area contributed by atoms with Crippen LogP contribution in [0.2, 0.25) is 5.02 Å². The number of anilines is 1. The minimum Gasteiger partial charge on any atom is -0.380 e. The number of pyridine rings is 1. The number of nitrogens with zero attached hydrogens (tertiary/aromatic N) is 4. The van der Waals surface area contributed by atoms with E-state index < -0.39 is 0 Å². The zero-order chi connectivity index (χ0) is 21.5. The number of halogens is 1. The van der Waals surface area contributed by atoms with E-state index in [2.05, 4.69) is 33.3 Å². The predicted molar refractivity (Wildman–Crippen MR) is 122 cm³/mol. The van der Waals surface area contributed by atoms with Crippen LogP contribution in [-0.2, 0) is 4.74 Å². The molecule has 1 aromatic carbocycles.